The van der Waals surface area contributed by atoms with Crippen LogP contribution in [-0.2, 0) is 0 Å². The Hall–Kier alpha value is -1.74. The molecule has 2 N–H and O–H groups in total. The van der Waals surface area contributed by atoms with Gasteiger partial charge in [-0.05, 0) is 37.6 Å². The van der Waals surface area contributed by atoms with Crippen molar-refractivity contribution in [2.24, 2.45) is 0 Å². The zero-order chi connectivity index (χ0) is 13.0. The molecule has 0 bridgehead atoms. The van der Waals surface area contributed by atoms with E-state index in [4.69, 9.17) is 11.6 Å². The van der Waals surface area contributed by atoms with Crippen LogP contribution < -0.4 is 10.6 Å². The first-order valence-electron chi connectivity index (χ1n) is 5.91. The van der Waals surface area contributed by atoms with Crippen molar-refractivity contribution in [3.05, 3.63) is 47.2 Å². The molecule has 0 unspecified atom stereocenters. The second kappa shape index (κ2) is 5.74. The van der Waals surface area contributed by atoms with E-state index in [0.29, 0.717) is 0 Å². The van der Waals surface area contributed by atoms with Gasteiger partial charge in [0.2, 0.25) is 0 Å². The van der Waals surface area contributed by atoms with Crippen molar-refractivity contribution >= 4 is 28.7 Å². The minimum Gasteiger partial charge on any atom is -0.384 e. The Kier molecular flexibility index (Phi) is 4.05. The van der Waals surface area contributed by atoms with Crippen molar-refractivity contribution in [2.75, 3.05) is 17.2 Å². The van der Waals surface area contributed by atoms with E-state index in [9.17, 15) is 0 Å². The summed E-state index contributed by atoms with van der Waals surface area (Å²) in [5, 5.41) is 7.27. The molecule has 0 amide bonds. The second-order valence-corrected chi connectivity index (χ2v) is 4.49. The van der Waals surface area contributed by atoms with Crippen LogP contribution in [0.3, 0.4) is 0 Å². The monoisotopic (exact) mass is 261 g/mol. The number of anilines is 3. The van der Waals surface area contributed by atoms with Crippen LogP contribution in [0.5, 0.6) is 0 Å². The van der Waals surface area contributed by atoms with Crippen LogP contribution in [0.4, 0.5) is 17.1 Å². The van der Waals surface area contributed by atoms with Crippen LogP contribution in [0.25, 0.3) is 0 Å². The lowest BCUT2D eigenvalue weighted by molar-refractivity contribution is 1.19. The Labute approximate surface area is 112 Å². The molecule has 3 nitrogen and oxygen atoms in total. The van der Waals surface area contributed by atoms with Crippen molar-refractivity contribution in [2.45, 2.75) is 13.8 Å². The number of nitrogens with one attached hydrogen (secondary N) is 2. The lowest BCUT2D eigenvalue weighted by Gasteiger charge is -2.09. The molecule has 18 heavy (non-hydrogen) atoms. The van der Waals surface area contributed by atoms with Gasteiger partial charge in [0.25, 0.3) is 0 Å². The molecular weight excluding hydrogens is 246 g/mol. The maximum atomic E-state index is 6.09. The van der Waals surface area contributed by atoms with Gasteiger partial charge in [-0.15, -0.1) is 0 Å². The molecule has 0 aliphatic rings. The van der Waals surface area contributed by atoms with E-state index >= 15 is 0 Å². The maximum Gasteiger partial charge on any atom is 0.0591 e. The molecule has 94 valence electrons. The number of benzene rings is 1. The zero-order valence-electron chi connectivity index (χ0n) is 10.5. The van der Waals surface area contributed by atoms with Gasteiger partial charge < -0.3 is 10.6 Å². The summed E-state index contributed by atoms with van der Waals surface area (Å²) in [6.45, 7) is 4.92. The van der Waals surface area contributed by atoms with Crippen LogP contribution in [-0.4, -0.2) is 11.5 Å². The molecule has 4 heteroatoms. The third-order valence-corrected chi connectivity index (χ3v) is 2.99. The summed E-state index contributed by atoms with van der Waals surface area (Å²) in [6, 6.07) is 7.93. The van der Waals surface area contributed by atoms with Crippen molar-refractivity contribution < 1.29 is 0 Å². The SMILES string of the molecule is CCNc1cncc(Nc2ccc(C)c(Cl)c2)c1. The molecule has 2 rings (SSSR count). The van der Waals surface area contributed by atoms with Crippen LogP contribution in [0.15, 0.2) is 36.7 Å². The van der Waals surface area contributed by atoms with Crippen LogP contribution in [0.2, 0.25) is 5.02 Å². The van der Waals surface area contributed by atoms with Gasteiger partial charge in [-0.3, -0.25) is 4.98 Å². The van der Waals surface area contributed by atoms with Gasteiger partial charge in [0.15, 0.2) is 0 Å². The van der Waals surface area contributed by atoms with Gasteiger partial charge in [-0.25, -0.2) is 0 Å². The molecule has 1 aromatic carbocycles. The predicted molar refractivity (Wildman–Crippen MR) is 77.9 cm³/mol. The van der Waals surface area contributed by atoms with E-state index in [1.54, 1.807) is 12.4 Å². The maximum absolute atomic E-state index is 6.09. The first-order chi connectivity index (χ1) is 8.69. The highest BCUT2D eigenvalue weighted by Gasteiger charge is 2.00. The Balaban J connectivity index is 2.17. The molecule has 0 saturated carbocycles. The molecule has 0 spiro atoms. The minimum absolute atomic E-state index is 0.760. The topological polar surface area (TPSA) is 37.0 Å². The third-order valence-electron chi connectivity index (χ3n) is 2.58. The summed E-state index contributed by atoms with van der Waals surface area (Å²) >= 11 is 6.09. The molecule has 2 aromatic rings. The van der Waals surface area contributed by atoms with Gasteiger partial charge >= 0.3 is 0 Å². The fourth-order valence-electron chi connectivity index (χ4n) is 1.65. The number of aryl methyl sites for hydroxylation is 1. The second-order valence-electron chi connectivity index (χ2n) is 4.08. The Morgan fingerprint density at radius 3 is 2.61 bits per heavy atom. The van der Waals surface area contributed by atoms with Gasteiger partial charge in [0.05, 0.1) is 23.8 Å². The summed E-state index contributed by atoms with van der Waals surface area (Å²) in [5.74, 6) is 0. The van der Waals surface area contributed by atoms with Crippen molar-refractivity contribution in [1.82, 2.24) is 4.98 Å². The molecule has 0 fully saturated rings. The first-order valence-corrected chi connectivity index (χ1v) is 6.29. The molecule has 1 aromatic heterocycles. The van der Waals surface area contributed by atoms with E-state index in [1.165, 1.54) is 0 Å². The van der Waals surface area contributed by atoms with E-state index in [-0.39, 0.29) is 0 Å². The average Bonchev–Trinajstić information content (AvgIpc) is 2.35. The molecule has 1 heterocycles. The Morgan fingerprint density at radius 1 is 1.11 bits per heavy atom. The highest BCUT2D eigenvalue weighted by molar-refractivity contribution is 6.31. The number of aromatic nitrogens is 1. The summed E-state index contributed by atoms with van der Waals surface area (Å²) in [5.41, 5.74) is 3.97. The van der Waals surface area contributed by atoms with E-state index in [1.807, 2.05) is 31.2 Å². The zero-order valence-corrected chi connectivity index (χ0v) is 11.3. The normalized spacial score (nSPS) is 10.2. The smallest absolute Gasteiger partial charge is 0.0591 e. The third kappa shape index (κ3) is 3.14. The Bertz CT molecular complexity index is 540. The molecule has 0 radical (unpaired) electrons. The highest BCUT2D eigenvalue weighted by Crippen LogP contribution is 2.23. The van der Waals surface area contributed by atoms with Crippen LogP contribution >= 0.6 is 11.6 Å². The standard InChI is InChI=1S/C14H16ClN3/c1-3-17-12-6-13(9-16-8-12)18-11-5-4-10(2)14(15)7-11/h4-9,17-18H,3H2,1-2H3. The van der Waals surface area contributed by atoms with Crippen LogP contribution in [0.1, 0.15) is 12.5 Å². The summed E-state index contributed by atoms with van der Waals surface area (Å²) < 4.78 is 0. The molecule has 0 aliphatic carbocycles. The lowest BCUT2D eigenvalue weighted by Crippen LogP contribution is -1.98. The minimum atomic E-state index is 0.760. The van der Waals surface area contributed by atoms with Gasteiger partial charge in [0.1, 0.15) is 0 Å². The summed E-state index contributed by atoms with van der Waals surface area (Å²) in [7, 11) is 0. The van der Waals surface area contributed by atoms with Gasteiger partial charge in [-0.2, -0.15) is 0 Å². The molecule has 0 saturated heterocycles. The van der Waals surface area contributed by atoms with Crippen molar-refractivity contribution in [3.63, 3.8) is 0 Å². The molecule has 0 atom stereocenters. The van der Waals surface area contributed by atoms with Crippen molar-refractivity contribution in [3.8, 4) is 0 Å². The summed E-state index contributed by atoms with van der Waals surface area (Å²) in [6.07, 6.45) is 3.59. The molecular formula is C14H16ClN3. The average molecular weight is 262 g/mol. The van der Waals surface area contributed by atoms with Crippen molar-refractivity contribution in [1.29, 1.82) is 0 Å². The number of rotatable bonds is 4. The highest BCUT2D eigenvalue weighted by atomic mass is 35.5. The number of hydrogen-bond acceptors (Lipinski definition) is 3. The number of nitrogens with zero attached hydrogens (tertiary/aromatic N) is 1. The fourth-order valence-corrected chi connectivity index (χ4v) is 1.83. The Morgan fingerprint density at radius 2 is 1.89 bits per heavy atom. The van der Waals surface area contributed by atoms with E-state index in [2.05, 4.69) is 22.5 Å². The van der Waals surface area contributed by atoms with Crippen LogP contribution in [0, 0.1) is 6.92 Å². The predicted octanol–water partition coefficient (Wildman–Crippen LogP) is 4.22. The summed E-state index contributed by atoms with van der Waals surface area (Å²) in [4.78, 5) is 4.18. The number of halogens is 1. The quantitative estimate of drug-likeness (QED) is 0.865. The lowest BCUT2D eigenvalue weighted by atomic mass is 10.2. The largest absolute Gasteiger partial charge is 0.384 e. The van der Waals surface area contributed by atoms with Gasteiger partial charge in [-0.1, -0.05) is 17.7 Å². The van der Waals surface area contributed by atoms with E-state index in [0.717, 1.165) is 34.2 Å². The number of hydrogen-bond donors (Lipinski definition) is 2. The van der Waals surface area contributed by atoms with Gasteiger partial charge in [0, 0.05) is 17.3 Å². The molecule has 0 aliphatic heterocycles. The van der Waals surface area contributed by atoms with E-state index < -0.39 is 0 Å². The number of pyridine rings is 1. The first kappa shape index (κ1) is 12.7. The fraction of sp³-hybridized carbons (Fsp3) is 0.214.